The second-order valence-corrected chi connectivity index (χ2v) is 5.34. The number of aryl methyl sites for hydroxylation is 1. The van der Waals surface area contributed by atoms with Gasteiger partial charge in [-0.15, -0.1) is 11.3 Å². The molecule has 2 rings (SSSR count). The molecule has 21 heavy (non-hydrogen) atoms. The van der Waals surface area contributed by atoms with E-state index in [4.69, 9.17) is 0 Å². The topological polar surface area (TPSA) is 12.9 Å². The maximum Gasteiger partial charge on any atom is 0.0908 e. The Balaban J connectivity index is 0.00000106. The van der Waals surface area contributed by atoms with Crippen LogP contribution < -0.4 is 0 Å². The van der Waals surface area contributed by atoms with Gasteiger partial charge in [0.25, 0.3) is 0 Å². The highest BCUT2D eigenvalue weighted by molar-refractivity contribution is 7.13. The van der Waals surface area contributed by atoms with Crippen molar-refractivity contribution in [1.29, 1.82) is 0 Å². The van der Waals surface area contributed by atoms with Gasteiger partial charge in [0.2, 0.25) is 0 Å². The average molecular weight is 297 g/mol. The van der Waals surface area contributed by atoms with Gasteiger partial charge in [0, 0.05) is 5.56 Å². The van der Waals surface area contributed by atoms with Crippen molar-refractivity contribution in [2.24, 2.45) is 0 Å². The average Bonchev–Trinajstić information content (AvgIpc) is 2.92. The summed E-state index contributed by atoms with van der Waals surface area (Å²) in [5, 5.41) is 1.08. The first-order valence-electron chi connectivity index (χ1n) is 7.25. The highest BCUT2D eigenvalue weighted by atomic mass is 32.1. The summed E-state index contributed by atoms with van der Waals surface area (Å²) in [5.41, 5.74) is 3.36. The van der Waals surface area contributed by atoms with E-state index in [-0.39, 0.29) is 0 Å². The van der Waals surface area contributed by atoms with Gasteiger partial charge in [0.1, 0.15) is 0 Å². The monoisotopic (exact) mass is 297 g/mol. The Bertz CT molecular complexity index is 618. The molecule has 0 amide bonds. The molecule has 1 nitrogen and oxygen atoms in total. The van der Waals surface area contributed by atoms with Crippen molar-refractivity contribution in [2.45, 2.75) is 27.7 Å². The molecular weight excluding hydrogens is 274 g/mol. The van der Waals surface area contributed by atoms with E-state index in [0.29, 0.717) is 0 Å². The van der Waals surface area contributed by atoms with Crippen molar-refractivity contribution in [3.8, 4) is 11.3 Å². The SMILES string of the molecule is C=C/C=C(\C=C/C)c1sc(C)nc1-c1ccccc1.CC. The molecule has 1 aromatic carbocycles. The number of rotatable bonds is 4. The summed E-state index contributed by atoms with van der Waals surface area (Å²) in [6, 6.07) is 10.3. The number of hydrogen-bond acceptors (Lipinski definition) is 2. The lowest BCUT2D eigenvalue weighted by Crippen LogP contribution is -1.84. The van der Waals surface area contributed by atoms with E-state index in [9.17, 15) is 0 Å². The van der Waals surface area contributed by atoms with Crippen LogP contribution in [0.5, 0.6) is 0 Å². The zero-order chi connectivity index (χ0) is 15.7. The fourth-order valence-corrected chi connectivity index (χ4v) is 2.87. The van der Waals surface area contributed by atoms with Crippen LogP contribution in [-0.4, -0.2) is 4.98 Å². The third-order valence-corrected chi connectivity index (χ3v) is 3.71. The quantitative estimate of drug-likeness (QED) is 0.604. The maximum atomic E-state index is 4.68. The van der Waals surface area contributed by atoms with Gasteiger partial charge in [-0.3, -0.25) is 0 Å². The van der Waals surface area contributed by atoms with Crippen molar-refractivity contribution >= 4 is 16.9 Å². The van der Waals surface area contributed by atoms with Crippen LogP contribution in [0.15, 0.2) is 61.2 Å². The fraction of sp³-hybridized carbons (Fsp3) is 0.211. The molecule has 1 heterocycles. The molecule has 0 bridgehead atoms. The summed E-state index contributed by atoms with van der Waals surface area (Å²) in [4.78, 5) is 5.87. The molecule has 110 valence electrons. The van der Waals surface area contributed by atoms with E-state index in [0.717, 1.165) is 21.8 Å². The van der Waals surface area contributed by atoms with Gasteiger partial charge in [-0.25, -0.2) is 4.98 Å². The number of allylic oxidation sites excluding steroid dienone is 5. The lowest BCUT2D eigenvalue weighted by atomic mass is 10.1. The molecule has 0 spiro atoms. The zero-order valence-corrected chi connectivity index (χ0v) is 14.1. The lowest BCUT2D eigenvalue weighted by molar-refractivity contribution is 1.29. The van der Waals surface area contributed by atoms with E-state index in [1.165, 1.54) is 4.88 Å². The second-order valence-electron chi connectivity index (χ2n) is 4.13. The van der Waals surface area contributed by atoms with Gasteiger partial charge < -0.3 is 0 Å². The van der Waals surface area contributed by atoms with Gasteiger partial charge in [-0.1, -0.05) is 75.1 Å². The Morgan fingerprint density at radius 2 is 1.86 bits per heavy atom. The first-order chi connectivity index (χ1) is 10.3. The van der Waals surface area contributed by atoms with Crippen LogP contribution in [0.25, 0.3) is 16.8 Å². The summed E-state index contributed by atoms with van der Waals surface area (Å²) in [5.74, 6) is 0. The van der Waals surface area contributed by atoms with Gasteiger partial charge in [-0.2, -0.15) is 0 Å². The summed E-state index contributed by atoms with van der Waals surface area (Å²) < 4.78 is 0. The molecular formula is C19H23NS. The molecule has 0 aliphatic rings. The van der Waals surface area contributed by atoms with E-state index >= 15 is 0 Å². The third kappa shape index (κ3) is 4.54. The molecule has 0 fully saturated rings. The molecule has 0 aliphatic heterocycles. The summed E-state index contributed by atoms with van der Waals surface area (Å²) >= 11 is 1.72. The van der Waals surface area contributed by atoms with Crippen molar-refractivity contribution in [1.82, 2.24) is 4.98 Å². The van der Waals surface area contributed by atoms with Crippen molar-refractivity contribution < 1.29 is 0 Å². The summed E-state index contributed by atoms with van der Waals surface area (Å²) in [7, 11) is 0. The number of nitrogens with zero attached hydrogens (tertiary/aromatic N) is 1. The zero-order valence-electron chi connectivity index (χ0n) is 13.3. The molecule has 2 heteroatoms. The van der Waals surface area contributed by atoms with Crippen LogP contribution >= 0.6 is 11.3 Å². The van der Waals surface area contributed by atoms with E-state index in [1.807, 2.05) is 64.1 Å². The normalized spacial score (nSPS) is 11.1. The first kappa shape index (κ1) is 17.1. The molecule has 1 aromatic heterocycles. The Hall–Kier alpha value is -1.93. The Labute approximate surface area is 132 Å². The second kappa shape index (κ2) is 9.09. The maximum absolute atomic E-state index is 4.68. The molecule has 0 atom stereocenters. The number of benzene rings is 1. The predicted octanol–water partition coefficient (Wildman–Crippen LogP) is 6.29. The summed E-state index contributed by atoms with van der Waals surface area (Å²) in [6.45, 7) is 11.9. The number of thiazole rings is 1. The summed E-state index contributed by atoms with van der Waals surface area (Å²) in [6.07, 6.45) is 7.98. The fourth-order valence-electron chi connectivity index (χ4n) is 1.93. The van der Waals surface area contributed by atoms with E-state index < -0.39 is 0 Å². The number of aromatic nitrogens is 1. The van der Waals surface area contributed by atoms with Crippen molar-refractivity contribution in [2.75, 3.05) is 0 Å². The van der Waals surface area contributed by atoms with Gasteiger partial charge in [0.15, 0.2) is 0 Å². The van der Waals surface area contributed by atoms with Gasteiger partial charge >= 0.3 is 0 Å². The number of hydrogen-bond donors (Lipinski definition) is 0. The molecule has 2 aromatic rings. The highest BCUT2D eigenvalue weighted by Gasteiger charge is 2.12. The van der Waals surface area contributed by atoms with Crippen LogP contribution in [0.2, 0.25) is 0 Å². The van der Waals surface area contributed by atoms with Crippen LogP contribution in [0, 0.1) is 6.92 Å². The Kier molecular flexibility index (Phi) is 7.41. The molecule has 0 unspecified atom stereocenters. The minimum absolute atomic E-state index is 1.05. The van der Waals surface area contributed by atoms with Gasteiger partial charge in [0.05, 0.1) is 15.6 Å². The van der Waals surface area contributed by atoms with Crippen LogP contribution in [0.3, 0.4) is 0 Å². The predicted molar refractivity (Wildman–Crippen MR) is 96.6 cm³/mol. The first-order valence-corrected chi connectivity index (χ1v) is 8.06. The molecule has 0 saturated heterocycles. The Morgan fingerprint density at radius 3 is 2.43 bits per heavy atom. The van der Waals surface area contributed by atoms with E-state index in [1.54, 1.807) is 11.3 Å². The molecule has 0 saturated carbocycles. The van der Waals surface area contributed by atoms with Crippen LogP contribution in [-0.2, 0) is 0 Å². The third-order valence-electron chi connectivity index (χ3n) is 2.69. The van der Waals surface area contributed by atoms with Crippen LogP contribution in [0.4, 0.5) is 0 Å². The highest BCUT2D eigenvalue weighted by Crippen LogP contribution is 2.34. The standard InChI is InChI=1S/C17H17NS.C2H6/c1-4-9-15(10-5-2)17-16(18-13(3)19-17)14-11-7-6-8-12-14;1-2/h4-12H,1H2,2-3H3;1-2H3/b10-5-,15-9+;. The molecule has 0 aliphatic carbocycles. The molecule has 0 N–H and O–H groups in total. The van der Waals surface area contributed by atoms with Crippen molar-refractivity contribution in [3.05, 3.63) is 71.1 Å². The Morgan fingerprint density at radius 1 is 1.19 bits per heavy atom. The van der Waals surface area contributed by atoms with Crippen LogP contribution in [0.1, 0.15) is 30.7 Å². The lowest BCUT2D eigenvalue weighted by Gasteiger charge is -2.03. The minimum Gasteiger partial charge on any atom is -0.241 e. The molecule has 0 radical (unpaired) electrons. The van der Waals surface area contributed by atoms with Crippen molar-refractivity contribution in [3.63, 3.8) is 0 Å². The van der Waals surface area contributed by atoms with E-state index in [2.05, 4.69) is 29.8 Å². The smallest absolute Gasteiger partial charge is 0.0908 e. The largest absolute Gasteiger partial charge is 0.241 e. The minimum atomic E-state index is 1.05. The van der Waals surface area contributed by atoms with Gasteiger partial charge in [-0.05, 0) is 19.4 Å².